The molecule has 0 spiro atoms. The number of rotatable bonds is 5. The van der Waals surface area contributed by atoms with Crippen LogP contribution in [0, 0.1) is 24.1 Å². The molecule has 1 saturated carbocycles. The highest BCUT2D eigenvalue weighted by molar-refractivity contribution is 5.71. The van der Waals surface area contributed by atoms with E-state index in [1.54, 1.807) is 19.1 Å². The molecule has 0 saturated heterocycles. The molecule has 0 unspecified atom stereocenters. The summed E-state index contributed by atoms with van der Waals surface area (Å²) in [6.07, 6.45) is 7.21. The van der Waals surface area contributed by atoms with E-state index in [9.17, 15) is 4.39 Å². The fourth-order valence-corrected chi connectivity index (χ4v) is 3.26. The summed E-state index contributed by atoms with van der Waals surface area (Å²) in [5.41, 5.74) is 2.25. The van der Waals surface area contributed by atoms with Crippen LogP contribution in [0.2, 0.25) is 0 Å². The molecule has 7 nitrogen and oxygen atoms in total. The number of hydrogen-bond acceptors (Lipinski definition) is 6. The number of nitriles is 1. The minimum atomic E-state index is -0.289. The van der Waals surface area contributed by atoms with Gasteiger partial charge >= 0.3 is 0 Å². The Hall–Kier alpha value is -3.47. The molecule has 2 aromatic heterocycles. The van der Waals surface area contributed by atoms with Gasteiger partial charge in [-0.1, -0.05) is 0 Å². The number of hydrogen-bond donors (Lipinski definition) is 2. The molecule has 1 aliphatic carbocycles. The summed E-state index contributed by atoms with van der Waals surface area (Å²) < 4.78 is 20.2. The van der Waals surface area contributed by atoms with Crippen LogP contribution in [-0.2, 0) is 0 Å². The second-order valence-corrected chi connectivity index (χ2v) is 6.81. The van der Waals surface area contributed by atoms with Crippen LogP contribution in [0.25, 0.3) is 11.3 Å². The highest BCUT2D eigenvalue weighted by Crippen LogP contribution is 2.35. The van der Waals surface area contributed by atoms with E-state index in [4.69, 9.17) is 10.00 Å². The maximum Gasteiger partial charge on any atom is 0.158 e. The summed E-state index contributed by atoms with van der Waals surface area (Å²) in [7, 11) is 0. The largest absolute Gasteiger partial charge is 0.490 e. The van der Waals surface area contributed by atoms with Crippen molar-refractivity contribution in [3.05, 3.63) is 47.7 Å². The number of halogens is 1. The van der Waals surface area contributed by atoms with Crippen molar-refractivity contribution in [2.45, 2.75) is 38.7 Å². The normalized spacial score (nSPS) is 14.0. The van der Waals surface area contributed by atoms with Gasteiger partial charge in [-0.3, -0.25) is 5.10 Å². The minimum Gasteiger partial charge on any atom is -0.490 e. The fourth-order valence-electron chi connectivity index (χ4n) is 3.26. The van der Waals surface area contributed by atoms with Crippen LogP contribution < -0.4 is 10.1 Å². The molecule has 1 aliphatic rings. The molecule has 2 heterocycles. The lowest BCUT2D eigenvalue weighted by Gasteiger charge is -2.17. The van der Waals surface area contributed by atoms with Gasteiger partial charge < -0.3 is 10.1 Å². The Kier molecular flexibility index (Phi) is 4.89. The van der Waals surface area contributed by atoms with Crippen molar-refractivity contribution < 1.29 is 9.13 Å². The molecule has 0 amide bonds. The van der Waals surface area contributed by atoms with Gasteiger partial charge in [-0.15, -0.1) is 0 Å². The Balaban J connectivity index is 1.59. The SMILES string of the molecule is Cc1cc(-c2cc(Nc3cnc(C#N)cn3)n[nH]2)c(OC2CCCC2)cc1F. The van der Waals surface area contributed by atoms with Crippen molar-refractivity contribution in [3.63, 3.8) is 0 Å². The minimum absolute atomic E-state index is 0.121. The third kappa shape index (κ3) is 3.78. The topological polar surface area (TPSA) is 99.5 Å². The van der Waals surface area contributed by atoms with E-state index in [0.717, 1.165) is 31.2 Å². The Labute approximate surface area is 161 Å². The zero-order valence-electron chi connectivity index (χ0n) is 15.4. The molecular weight excluding hydrogens is 359 g/mol. The Bertz CT molecular complexity index is 1020. The van der Waals surface area contributed by atoms with E-state index in [-0.39, 0.29) is 17.6 Å². The number of aromatic amines is 1. The third-order valence-electron chi connectivity index (χ3n) is 4.75. The summed E-state index contributed by atoms with van der Waals surface area (Å²) in [5, 5.41) is 19.0. The Morgan fingerprint density at radius 3 is 2.71 bits per heavy atom. The second-order valence-electron chi connectivity index (χ2n) is 6.81. The van der Waals surface area contributed by atoms with Gasteiger partial charge in [0, 0.05) is 17.7 Å². The van der Waals surface area contributed by atoms with Crippen molar-refractivity contribution in [3.8, 4) is 23.1 Å². The highest BCUT2D eigenvalue weighted by atomic mass is 19.1. The first-order chi connectivity index (χ1) is 13.6. The molecule has 3 aromatic rings. The van der Waals surface area contributed by atoms with Crippen LogP contribution in [0.4, 0.5) is 16.0 Å². The number of nitrogens with one attached hydrogen (secondary N) is 2. The molecule has 0 radical (unpaired) electrons. The monoisotopic (exact) mass is 378 g/mol. The fraction of sp³-hybridized carbons (Fsp3) is 0.300. The molecule has 0 aliphatic heterocycles. The van der Waals surface area contributed by atoms with Gasteiger partial charge in [0.05, 0.1) is 24.2 Å². The van der Waals surface area contributed by atoms with Crippen molar-refractivity contribution in [1.29, 1.82) is 5.26 Å². The number of ether oxygens (including phenoxy) is 1. The summed E-state index contributed by atoms with van der Waals surface area (Å²) in [4.78, 5) is 8.08. The predicted octanol–water partition coefficient (Wildman–Crippen LogP) is 4.25. The first kappa shape index (κ1) is 17.9. The maximum absolute atomic E-state index is 14.1. The van der Waals surface area contributed by atoms with E-state index in [1.165, 1.54) is 18.5 Å². The molecule has 0 atom stereocenters. The lowest BCUT2D eigenvalue weighted by molar-refractivity contribution is 0.210. The Morgan fingerprint density at radius 1 is 1.18 bits per heavy atom. The maximum atomic E-state index is 14.1. The van der Waals surface area contributed by atoms with Crippen LogP contribution in [-0.4, -0.2) is 26.3 Å². The average Bonchev–Trinajstić information content (AvgIpc) is 3.37. The van der Waals surface area contributed by atoms with Crippen LogP contribution in [0.1, 0.15) is 36.9 Å². The van der Waals surface area contributed by atoms with Crippen molar-refractivity contribution in [2.24, 2.45) is 0 Å². The third-order valence-corrected chi connectivity index (χ3v) is 4.75. The summed E-state index contributed by atoms with van der Waals surface area (Å²) >= 11 is 0. The predicted molar refractivity (Wildman–Crippen MR) is 102 cm³/mol. The molecule has 28 heavy (non-hydrogen) atoms. The van der Waals surface area contributed by atoms with E-state index in [0.29, 0.717) is 28.6 Å². The molecule has 0 bridgehead atoms. The molecule has 142 valence electrons. The van der Waals surface area contributed by atoms with Crippen LogP contribution in [0.3, 0.4) is 0 Å². The Morgan fingerprint density at radius 2 is 2.00 bits per heavy atom. The van der Waals surface area contributed by atoms with Gasteiger partial charge in [0.25, 0.3) is 0 Å². The zero-order valence-corrected chi connectivity index (χ0v) is 15.4. The number of H-pyrrole nitrogens is 1. The first-order valence-electron chi connectivity index (χ1n) is 9.14. The van der Waals surface area contributed by atoms with Gasteiger partial charge in [-0.05, 0) is 44.2 Å². The van der Waals surface area contributed by atoms with Gasteiger partial charge in [0.1, 0.15) is 23.5 Å². The molecule has 1 aromatic carbocycles. The van der Waals surface area contributed by atoms with E-state index in [2.05, 4.69) is 25.5 Å². The molecular formula is C20H19FN6O. The molecule has 8 heteroatoms. The number of aryl methyl sites for hydroxylation is 1. The van der Waals surface area contributed by atoms with Crippen molar-refractivity contribution in [1.82, 2.24) is 20.2 Å². The smallest absolute Gasteiger partial charge is 0.158 e. The lowest BCUT2D eigenvalue weighted by atomic mass is 10.1. The molecule has 4 rings (SSSR count). The van der Waals surface area contributed by atoms with E-state index < -0.39 is 0 Å². The average molecular weight is 378 g/mol. The standard InChI is InChI=1S/C20H19FN6O/c1-12-6-15(18(7-16(12)21)28-14-4-2-3-5-14)17-8-19(27-26-17)25-20-11-23-13(9-22)10-24-20/h6-8,10-11,14H,2-5H2,1H3,(H2,24,25,26,27). The first-order valence-corrected chi connectivity index (χ1v) is 9.14. The van der Waals surface area contributed by atoms with E-state index >= 15 is 0 Å². The number of nitrogens with zero attached hydrogens (tertiary/aromatic N) is 4. The summed E-state index contributed by atoms with van der Waals surface area (Å²) in [5.74, 6) is 1.23. The van der Waals surface area contributed by atoms with Crippen molar-refractivity contribution >= 4 is 11.6 Å². The summed E-state index contributed by atoms with van der Waals surface area (Å²) in [6, 6.07) is 6.93. The van der Waals surface area contributed by atoms with Crippen LogP contribution in [0.5, 0.6) is 5.75 Å². The summed E-state index contributed by atoms with van der Waals surface area (Å²) in [6.45, 7) is 1.72. The van der Waals surface area contributed by atoms with Crippen LogP contribution in [0.15, 0.2) is 30.6 Å². The van der Waals surface area contributed by atoms with Gasteiger partial charge in [0.2, 0.25) is 0 Å². The van der Waals surface area contributed by atoms with E-state index in [1.807, 2.05) is 6.07 Å². The van der Waals surface area contributed by atoms with Gasteiger partial charge in [0.15, 0.2) is 11.5 Å². The zero-order chi connectivity index (χ0) is 19.5. The number of benzene rings is 1. The van der Waals surface area contributed by atoms with Crippen LogP contribution >= 0.6 is 0 Å². The van der Waals surface area contributed by atoms with Gasteiger partial charge in [-0.25, -0.2) is 14.4 Å². The number of anilines is 2. The quantitative estimate of drug-likeness (QED) is 0.688. The molecule has 2 N–H and O–H groups in total. The molecule has 1 fully saturated rings. The second kappa shape index (κ2) is 7.64. The van der Waals surface area contributed by atoms with Gasteiger partial charge in [-0.2, -0.15) is 10.4 Å². The van der Waals surface area contributed by atoms with Crippen molar-refractivity contribution in [2.75, 3.05) is 5.32 Å². The lowest BCUT2D eigenvalue weighted by Crippen LogP contribution is -2.12. The highest BCUT2D eigenvalue weighted by Gasteiger charge is 2.20. The number of aromatic nitrogens is 4.